The topological polar surface area (TPSA) is 90.4 Å². The van der Waals surface area contributed by atoms with Gasteiger partial charge in [0.15, 0.2) is 5.82 Å². The van der Waals surface area contributed by atoms with E-state index in [2.05, 4.69) is 15.0 Å². The van der Waals surface area contributed by atoms with Crippen molar-refractivity contribution in [3.8, 4) is 35.0 Å². The maximum Gasteiger partial charge on any atom is 0.240 e. The van der Waals surface area contributed by atoms with Crippen molar-refractivity contribution in [2.24, 2.45) is 0 Å². The summed E-state index contributed by atoms with van der Waals surface area (Å²) in [4.78, 5) is 14.0. The van der Waals surface area contributed by atoms with E-state index in [0.717, 1.165) is 9.13 Å². The summed E-state index contributed by atoms with van der Waals surface area (Å²) in [5, 5.41) is 5.89. The SMILES string of the molecule is [2H]c1c([2H])c([2H])c(-n2c3c([2H])c([2H])c([2H])c([2H])c3c3c([2H])c([2H])c4oc5c([2H])c([2H])c([2H])c([2H])c5c4c32)c(-c2nc(-n3c4c([2H])c([2H])c([2H])c([2H])c4c4c([2H])c([2H])c([2H])c([2H])c43)nc(-n3c4c([2H])c([2H])c([2H])c([2H])c4c4c([2H])c(C#N)c([2H])c([2H])c43)n2)c1[2H]. The molecule has 8 heteroatoms. The van der Waals surface area contributed by atoms with Gasteiger partial charge < -0.3 is 8.98 Å². The third-order valence-corrected chi connectivity index (χ3v) is 9.90. The van der Waals surface area contributed by atoms with Crippen LogP contribution < -0.4 is 0 Å². The quantitative estimate of drug-likeness (QED) is 0.177. The van der Waals surface area contributed by atoms with E-state index >= 15 is 0 Å². The first kappa shape index (κ1) is 15.3. The maximum atomic E-state index is 10.3. The summed E-state index contributed by atoms with van der Waals surface area (Å²) < 4.78 is 273. The Morgan fingerprint density at radius 2 is 0.967 bits per heavy atom. The number of fused-ring (bicyclic) bond motifs is 13. The number of benzene rings is 8. The Hall–Kier alpha value is -8.54. The molecule has 0 N–H and O–H groups in total. The number of hydrogen-bond acceptors (Lipinski definition) is 5. The Labute approximate surface area is 381 Å². The third kappa shape index (κ3) is 4.46. The second-order valence-electron chi connectivity index (χ2n) is 13.0. The lowest BCUT2D eigenvalue weighted by Gasteiger charge is -2.16. The van der Waals surface area contributed by atoms with Crippen LogP contribution in [0.25, 0.3) is 116 Å². The zero-order valence-corrected chi connectivity index (χ0v) is 29.5. The molecule has 0 atom stereocenters. The van der Waals surface area contributed by atoms with E-state index in [0.29, 0.717) is 4.57 Å². The molecule has 13 aromatic rings. The molecule has 60 heavy (non-hydrogen) atoms. The highest BCUT2D eigenvalue weighted by atomic mass is 16.3. The van der Waals surface area contributed by atoms with Crippen LogP contribution in [0.15, 0.2) is 180 Å². The lowest BCUT2D eigenvalue weighted by atomic mass is 10.1. The lowest BCUT2D eigenvalue weighted by molar-refractivity contribution is 0.669. The van der Waals surface area contributed by atoms with Gasteiger partial charge >= 0.3 is 0 Å². The number of aromatic nitrogens is 6. The second-order valence-corrected chi connectivity index (χ2v) is 13.0. The Morgan fingerprint density at radius 3 is 1.62 bits per heavy atom. The maximum absolute atomic E-state index is 10.3. The normalized spacial score (nSPS) is 18.8. The van der Waals surface area contributed by atoms with E-state index in [1.807, 2.05) is 0 Å². The van der Waals surface area contributed by atoms with Gasteiger partial charge in [0.2, 0.25) is 11.9 Å². The van der Waals surface area contributed by atoms with Crippen LogP contribution in [0.3, 0.4) is 0 Å². The van der Waals surface area contributed by atoms with Crippen LogP contribution in [0.2, 0.25) is 0 Å². The molecule has 0 radical (unpaired) electrons. The summed E-state index contributed by atoms with van der Waals surface area (Å²) in [6, 6.07) is -25.1. The zero-order valence-electron chi connectivity index (χ0n) is 58.5. The standard InChI is InChI=1S/C52H29N7O/c53-30-31-25-27-45-39(29-31)35-16-4-10-22-43(35)59(45)52-55-50(54-51(56-52)58-41-20-8-1-13-32(41)33-14-2-9-21-42(33)58)37-17-5-11-23-44(37)57-40-19-7-3-15-34(40)36-26-28-47-48(49(36)57)38-18-6-12-24-46(38)60-47/h1-29H/i1D,2D,3D,4D,5D,6D,7D,8D,9D,10D,11D,12D,13D,14D,15D,16D,17D,18D,19D,20D,21D,22D,23D,24D,25D,26D,27D,28D,29D. The van der Waals surface area contributed by atoms with Crippen molar-refractivity contribution in [3.63, 3.8) is 0 Å². The van der Waals surface area contributed by atoms with Crippen LogP contribution in [0.1, 0.15) is 45.3 Å². The van der Waals surface area contributed by atoms with Gasteiger partial charge in [-0.3, -0.25) is 9.13 Å². The van der Waals surface area contributed by atoms with Gasteiger partial charge in [-0.2, -0.15) is 20.2 Å². The van der Waals surface area contributed by atoms with E-state index in [1.54, 1.807) is 6.07 Å². The lowest BCUT2D eigenvalue weighted by Crippen LogP contribution is -2.11. The fraction of sp³-hybridized carbons (Fsp3) is 0. The first-order valence-corrected chi connectivity index (χ1v) is 17.5. The van der Waals surface area contributed by atoms with Crippen LogP contribution in [-0.4, -0.2) is 28.7 Å². The van der Waals surface area contributed by atoms with Gasteiger partial charge in [0.1, 0.15) is 11.2 Å². The molecule has 0 spiro atoms. The minimum Gasteiger partial charge on any atom is -0.456 e. The predicted octanol–water partition coefficient (Wildman–Crippen LogP) is 12.6. The number of para-hydroxylation sites is 6. The summed E-state index contributed by atoms with van der Waals surface area (Å²) in [5.74, 6) is -3.05. The Kier molecular flexibility index (Phi) is 3.12. The zero-order chi connectivity index (χ0) is 64.7. The fourth-order valence-corrected chi connectivity index (χ4v) is 7.52. The van der Waals surface area contributed by atoms with Gasteiger partial charge in [0, 0.05) is 43.3 Å². The van der Waals surface area contributed by atoms with E-state index in [4.69, 9.17) is 23.6 Å². The smallest absolute Gasteiger partial charge is 0.240 e. The molecule has 0 bridgehead atoms. The van der Waals surface area contributed by atoms with Crippen LogP contribution in [-0.2, 0) is 0 Å². The molecule has 13 rings (SSSR count). The van der Waals surface area contributed by atoms with Crippen LogP contribution in [0.4, 0.5) is 0 Å². The molecule has 8 aromatic carbocycles. The molecule has 0 aliphatic heterocycles. The van der Waals surface area contributed by atoms with E-state index < -0.39 is 297 Å². The van der Waals surface area contributed by atoms with Gasteiger partial charge in [0.05, 0.1) is 95.6 Å². The Bertz CT molecular complexity index is 5630. The molecular formula is C52H29N7O. The molecular weight excluding hydrogens is 739 g/mol. The molecule has 5 aromatic heterocycles. The average molecular weight is 797 g/mol. The van der Waals surface area contributed by atoms with Crippen molar-refractivity contribution in [3.05, 3.63) is 181 Å². The number of nitriles is 1. The van der Waals surface area contributed by atoms with Gasteiger partial charge in [-0.25, -0.2) is 0 Å². The van der Waals surface area contributed by atoms with E-state index in [9.17, 15) is 25.8 Å². The molecule has 0 saturated heterocycles. The van der Waals surface area contributed by atoms with E-state index in [1.165, 1.54) is 0 Å². The first-order valence-electron chi connectivity index (χ1n) is 32.0. The summed E-state index contributed by atoms with van der Waals surface area (Å²) in [7, 11) is 0. The summed E-state index contributed by atoms with van der Waals surface area (Å²) >= 11 is 0. The van der Waals surface area contributed by atoms with Crippen molar-refractivity contribution in [2.45, 2.75) is 0 Å². The summed E-state index contributed by atoms with van der Waals surface area (Å²) in [6.45, 7) is 0. The number of hydrogen-bond donors (Lipinski definition) is 0. The van der Waals surface area contributed by atoms with Crippen molar-refractivity contribution >= 4 is 87.4 Å². The number of rotatable bonds is 4. The molecule has 0 aliphatic carbocycles. The molecule has 278 valence electrons. The van der Waals surface area contributed by atoms with Gasteiger partial charge in [-0.1, -0.05) is 103 Å². The van der Waals surface area contributed by atoms with E-state index in [-0.39, 0.29) is 0 Å². The van der Waals surface area contributed by atoms with Gasteiger partial charge in [0.25, 0.3) is 0 Å². The monoisotopic (exact) mass is 796 g/mol. The molecule has 0 saturated carbocycles. The average Bonchev–Trinajstić information content (AvgIpc) is 1.59. The number of furan rings is 1. The highest BCUT2D eigenvalue weighted by Crippen LogP contribution is 2.43. The molecule has 0 amide bonds. The van der Waals surface area contributed by atoms with Gasteiger partial charge in [-0.05, 0) is 72.5 Å². The fourth-order valence-electron chi connectivity index (χ4n) is 7.52. The molecule has 0 aliphatic rings. The molecule has 0 fully saturated rings. The Morgan fingerprint density at radius 1 is 0.450 bits per heavy atom. The Balaban J connectivity index is 1.35. The van der Waals surface area contributed by atoms with Crippen molar-refractivity contribution in [1.82, 2.24) is 28.7 Å². The predicted molar refractivity (Wildman–Crippen MR) is 240 cm³/mol. The first-order chi connectivity index (χ1) is 41.8. The van der Waals surface area contributed by atoms with Gasteiger partial charge in [-0.15, -0.1) is 0 Å². The van der Waals surface area contributed by atoms with Crippen molar-refractivity contribution < 1.29 is 44.2 Å². The minimum atomic E-state index is -1.14. The number of nitrogens with zero attached hydrogens (tertiary/aromatic N) is 7. The van der Waals surface area contributed by atoms with Crippen LogP contribution in [0.5, 0.6) is 0 Å². The largest absolute Gasteiger partial charge is 0.456 e. The van der Waals surface area contributed by atoms with Crippen molar-refractivity contribution in [1.29, 1.82) is 5.26 Å². The molecule has 0 unspecified atom stereocenters. The summed E-state index contributed by atoms with van der Waals surface area (Å²) in [5.41, 5.74) is -7.85. The molecule has 5 heterocycles. The second kappa shape index (κ2) is 12.2. The van der Waals surface area contributed by atoms with Crippen LogP contribution in [0, 0.1) is 11.3 Å². The van der Waals surface area contributed by atoms with Crippen molar-refractivity contribution in [2.75, 3.05) is 0 Å². The van der Waals surface area contributed by atoms with Crippen LogP contribution >= 0.6 is 0 Å². The minimum absolute atomic E-state index is 0.489. The highest BCUT2D eigenvalue weighted by Gasteiger charge is 2.24. The molecule has 8 nitrogen and oxygen atoms in total. The highest BCUT2D eigenvalue weighted by molar-refractivity contribution is 6.24. The third-order valence-electron chi connectivity index (χ3n) is 9.90. The summed E-state index contributed by atoms with van der Waals surface area (Å²) in [6.07, 6.45) is 0.